The molecule has 3 nitrogen and oxygen atoms in total. The summed E-state index contributed by atoms with van der Waals surface area (Å²) in [5, 5.41) is 3.03. The summed E-state index contributed by atoms with van der Waals surface area (Å²) in [6.07, 6.45) is 2.11. The van der Waals surface area contributed by atoms with Gasteiger partial charge in [-0.1, -0.05) is 0 Å². The lowest BCUT2D eigenvalue weighted by Crippen LogP contribution is -2.25. The molecule has 1 spiro atoms. The maximum absolute atomic E-state index is 11.6. The molecule has 1 amide bonds. The van der Waals surface area contributed by atoms with Crippen LogP contribution in [0.4, 0.5) is 0 Å². The molecule has 1 heterocycles. The number of amides is 1. The van der Waals surface area contributed by atoms with Crippen LogP contribution in [0, 0.1) is 0 Å². The van der Waals surface area contributed by atoms with Crippen LogP contribution in [0.5, 0.6) is 5.75 Å². The van der Waals surface area contributed by atoms with Crippen molar-refractivity contribution in [3.05, 3.63) is 29.3 Å². The van der Waals surface area contributed by atoms with Gasteiger partial charge in [0.15, 0.2) is 0 Å². The average Bonchev–Trinajstić information content (AvgIpc) is 2.91. The fourth-order valence-electron chi connectivity index (χ4n) is 2.12. The Labute approximate surface area is 82.1 Å². The first-order valence-corrected chi connectivity index (χ1v) is 4.76. The third kappa shape index (κ3) is 0.842. The van der Waals surface area contributed by atoms with Crippen LogP contribution in [0.2, 0.25) is 0 Å². The maximum atomic E-state index is 11.6. The Kier molecular flexibility index (Phi) is 1.29. The summed E-state index contributed by atoms with van der Waals surface area (Å²) in [7, 11) is 1.64. The number of methoxy groups -OCH3 is 1. The molecule has 0 saturated heterocycles. The largest absolute Gasteiger partial charge is 0.497 e. The zero-order valence-corrected chi connectivity index (χ0v) is 7.96. The maximum Gasteiger partial charge on any atom is 0.252 e. The van der Waals surface area contributed by atoms with Gasteiger partial charge in [0, 0.05) is 5.56 Å². The van der Waals surface area contributed by atoms with Crippen molar-refractivity contribution in [1.82, 2.24) is 5.32 Å². The van der Waals surface area contributed by atoms with Crippen LogP contribution in [0.3, 0.4) is 0 Å². The van der Waals surface area contributed by atoms with E-state index in [1.165, 1.54) is 0 Å². The summed E-state index contributed by atoms with van der Waals surface area (Å²) in [5.74, 6) is 0.881. The first-order valence-electron chi connectivity index (χ1n) is 4.76. The Bertz CT molecular complexity index is 421. The molecule has 0 radical (unpaired) electrons. The van der Waals surface area contributed by atoms with Crippen molar-refractivity contribution in [3.63, 3.8) is 0 Å². The predicted octanol–water partition coefficient (Wildman–Crippen LogP) is 1.43. The van der Waals surface area contributed by atoms with Gasteiger partial charge in [-0.3, -0.25) is 4.79 Å². The molecular weight excluding hydrogens is 178 g/mol. The van der Waals surface area contributed by atoms with Crippen molar-refractivity contribution in [1.29, 1.82) is 0 Å². The van der Waals surface area contributed by atoms with Crippen LogP contribution in [0.25, 0.3) is 0 Å². The lowest BCUT2D eigenvalue weighted by Gasteiger charge is -2.08. The Morgan fingerprint density at radius 2 is 2.21 bits per heavy atom. The van der Waals surface area contributed by atoms with E-state index in [1.807, 2.05) is 18.2 Å². The fraction of sp³-hybridized carbons (Fsp3) is 0.364. The van der Waals surface area contributed by atoms with Crippen LogP contribution in [0.15, 0.2) is 18.2 Å². The van der Waals surface area contributed by atoms with Crippen LogP contribution in [-0.2, 0) is 5.54 Å². The topological polar surface area (TPSA) is 38.3 Å². The van der Waals surface area contributed by atoms with Crippen LogP contribution < -0.4 is 10.1 Å². The van der Waals surface area contributed by atoms with E-state index in [0.717, 1.165) is 29.7 Å². The second-order valence-electron chi connectivity index (χ2n) is 3.95. The molecule has 1 aliphatic carbocycles. The Balaban J connectivity index is 2.18. The van der Waals surface area contributed by atoms with E-state index in [4.69, 9.17) is 4.74 Å². The molecule has 3 heteroatoms. The van der Waals surface area contributed by atoms with Crippen LogP contribution >= 0.6 is 0 Å². The molecule has 2 aliphatic rings. The molecule has 14 heavy (non-hydrogen) atoms. The standard InChI is InChI=1S/C11H11NO2/c1-14-7-2-3-8-9(6-7)11(4-5-11)12-10(8)13/h2-3,6H,4-5H2,1H3,(H,12,13). The fourth-order valence-corrected chi connectivity index (χ4v) is 2.12. The van der Waals surface area contributed by atoms with Gasteiger partial charge in [-0.2, -0.15) is 0 Å². The second-order valence-corrected chi connectivity index (χ2v) is 3.95. The molecule has 0 aromatic heterocycles. The SMILES string of the molecule is COc1ccc2c(c1)C1(CC1)NC2=O. The number of carbonyl (C=O) groups excluding carboxylic acids is 1. The third-order valence-electron chi connectivity index (χ3n) is 3.09. The van der Waals surface area contributed by atoms with Crippen LogP contribution in [-0.4, -0.2) is 13.0 Å². The molecule has 0 atom stereocenters. The first kappa shape index (κ1) is 7.85. The van der Waals surface area contributed by atoms with Crippen molar-refractivity contribution in [2.45, 2.75) is 18.4 Å². The molecule has 1 aromatic rings. The highest BCUT2D eigenvalue weighted by molar-refractivity contribution is 6.00. The second kappa shape index (κ2) is 2.29. The van der Waals surface area contributed by atoms with E-state index in [2.05, 4.69) is 5.32 Å². The van der Waals surface area contributed by atoms with E-state index in [9.17, 15) is 4.79 Å². The predicted molar refractivity (Wildman–Crippen MR) is 51.4 cm³/mol. The number of fused-ring (bicyclic) bond motifs is 2. The van der Waals surface area contributed by atoms with Gasteiger partial charge in [0.05, 0.1) is 12.6 Å². The summed E-state index contributed by atoms with van der Waals surface area (Å²) in [4.78, 5) is 11.6. The summed E-state index contributed by atoms with van der Waals surface area (Å²) in [6.45, 7) is 0. The van der Waals surface area contributed by atoms with Gasteiger partial charge in [-0.15, -0.1) is 0 Å². The molecule has 1 N–H and O–H groups in total. The van der Waals surface area contributed by atoms with Crippen molar-refractivity contribution in [3.8, 4) is 5.75 Å². The minimum absolute atomic E-state index is 0.0407. The number of carbonyl (C=O) groups is 1. The zero-order valence-electron chi connectivity index (χ0n) is 7.96. The van der Waals surface area contributed by atoms with E-state index >= 15 is 0 Å². The van der Waals surface area contributed by atoms with Gasteiger partial charge in [0.2, 0.25) is 0 Å². The summed E-state index contributed by atoms with van der Waals surface area (Å²) in [6, 6.07) is 5.65. The number of benzene rings is 1. The molecule has 3 rings (SSSR count). The average molecular weight is 189 g/mol. The Morgan fingerprint density at radius 1 is 1.43 bits per heavy atom. The lowest BCUT2D eigenvalue weighted by atomic mass is 10.0. The van der Waals surface area contributed by atoms with E-state index in [0.29, 0.717) is 0 Å². The summed E-state index contributed by atoms with van der Waals surface area (Å²) < 4.78 is 5.16. The first-order chi connectivity index (χ1) is 6.75. The van der Waals surface area contributed by atoms with Crippen molar-refractivity contribution < 1.29 is 9.53 Å². The number of hydrogen-bond donors (Lipinski definition) is 1. The van der Waals surface area contributed by atoms with Gasteiger partial charge in [0.25, 0.3) is 5.91 Å². The Morgan fingerprint density at radius 3 is 2.86 bits per heavy atom. The van der Waals surface area contributed by atoms with Gasteiger partial charge in [0.1, 0.15) is 5.75 Å². The molecular formula is C11H11NO2. The molecule has 72 valence electrons. The normalized spacial score (nSPS) is 20.5. The minimum Gasteiger partial charge on any atom is -0.497 e. The van der Waals surface area contributed by atoms with Crippen molar-refractivity contribution >= 4 is 5.91 Å². The van der Waals surface area contributed by atoms with Gasteiger partial charge < -0.3 is 10.1 Å². The highest BCUT2D eigenvalue weighted by Crippen LogP contribution is 2.50. The quantitative estimate of drug-likeness (QED) is 0.725. The molecule has 1 aliphatic heterocycles. The lowest BCUT2D eigenvalue weighted by molar-refractivity contribution is 0.0952. The highest BCUT2D eigenvalue weighted by atomic mass is 16.5. The highest BCUT2D eigenvalue weighted by Gasteiger charge is 2.52. The minimum atomic E-state index is -0.0407. The number of nitrogens with one attached hydrogen (secondary N) is 1. The molecule has 0 unspecified atom stereocenters. The molecule has 1 fully saturated rings. The van der Waals surface area contributed by atoms with Gasteiger partial charge in [-0.25, -0.2) is 0 Å². The van der Waals surface area contributed by atoms with E-state index < -0.39 is 0 Å². The zero-order chi connectivity index (χ0) is 9.76. The monoisotopic (exact) mass is 189 g/mol. The third-order valence-corrected chi connectivity index (χ3v) is 3.09. The molecule has 0 bridgehead atoms. The summed E-state index contributed by atoms with van der Waals surface area (Å²) >= 11 is 0. The summed E-state index contributed by atoms with van der Waals surface area (Å²) in [5.41, 5.74) is 1.88. The number of hydrogen-bond acceptors (Lipinski definition) is 2. The van der Waals surface area contributed by atoms with Gasteiger partial charge >= 0.3 is 0 Å². The Hall–Kier alpha value is -1.51. The van der Waals surface area contributed by atoms with E-state index in [1.54, 1.807) is 7.11 Å². The number of rotatable bonds is 1. The van der Waals surface area contributed by atoms with Crippen molar-refractivity contribution in [2.24, 2.45) is 0 Å². The molecule has 1 saturated carbocycles. The van der Waals surface area contributed by atoms with E-state index in [-0.39, 0.29) is 11.4 Å². The number of ether oxygens (including phenoxy) is 1. The molecule has 1 aromatic carbocycles. The van der Waals surface area contributed by atoms with Crippen LogP contribution in [0.1, 0.15) is 28.8 Å². The van der Waals surface area contributed by atoms with Gasteiger partial charge in [-0.05, 0) is 36.6 Å². The van der Waals surface area contributed by atoms with Crippen molar-refractivity contribution in [2.75, 3.05) is 7.11 Å². The smallest absolute Gasteiger partial charge is 0.252 e.